The predicted molar refractivity (Wildman–Crippen MR) is 49.6 cm³/mol. The zero-order chi connectivity index (χ0) is 11.6. The van der Waals surface area contributed by atoms with Crippen molar-refractivity contribution in [3.05, 3.63) is 0 Å². The molecule has 0 aromatic rings. The fourth-order valence-electron chi connectivity index (χ4n) is 0.850. The van der Waals surface area contributed by atoms with Crippen molar-refractivity contribution in [1.29, 1.82) is 0 Å². The number of quaternary nitrogens is 1. The molecule has 1 atom stereocenters. The van der Waals surface area contributed by atoms with Crippen molar-refractivity contribution in [1.82, 2.24) is 0 Å². The topological polar surface area (TPSA) is 132 Å². The van der Waals surface area contributed by atoms with Gasteiger partial charge in [-0.1, -0.05) is 6.92 Å². The van der Waals surface area contributed by atoms with Gasteiger partial charge in [0, 0.05) is 0 Å². The van der Waals surface area contributed by atoms with Gasteiger partial charge in [0.05, 0.1) is 6.04 Å². The number of nitrogens with two attached hydrogens (primary N) is 1. The first-order valence-corrected chi connectivity index (χ1v) is 7.40. The van der Waals surface area contributed by atoms with E-state index in [9.17, 15) is 9.13 Å². The fraction of sp³-hybridized carbons (Fsp3) is 1.00. The fourth-order valence-corrected chi connectivity index (χ4v) is 3.45. The highest BCUT2D eigenvalue weighted by Crippen LogP contribution is 2.56. The lowest BCUT2D eigenvalue weighted by atomic mass is 10.3. The molecule has 0 amide bonds. The van der Waals surface area contributed by atoms with Crippen molar-refractivity contribution in [2.45, 2.75) is 31.8 Å². The summed E-state index contributed by atoms with van der Waals surface area (Å²) in [4.78, 5) is 35.0. The molecule has 86 valence electrons. The van der Waals surface area contributed by atoms with Crippen molar-refractivity contribution < 1.29 is 34.0 Å². The third-order valence-corrected chi connectivity index (χ3v) is 5.36. The normalized spacial score (nSPS) is 15.9. The van der Waals surface area contributed by atoms with Crippen LogP contribution in [-0.4, -0.2) is 31.1 Å². The van der Waals surface area contributed by atoms with E-state index in [1.54, 1.807) is 13.8 Å². The van der Waals surface area contributed by atoms with E-state index >= 15 is 0 Å². The quantitative estimate of drug-likeness (QED) is 0.396. The molecule has 0 heterocycles. The zero-order valence-electron chi connectivity index (χ0n) is 7.94. The molecule has 9 heteroatoms. The van der Waals surface area contributed by atoms with Gasteiger partial charge in [-0.25, -0.2) is 0 Å². The molecule has 0 aliphatic rings. The summed E-state index contributed by atoms with van der Waals surface area (Å²) in [6.07, 6.45) is 0.566. The number of hydrogen-bond donors (Lipinski definition) is 5. The van der Waals surface area contributed by atoms with Crippen LogP contribution in [0.15, 0.2) is 0 Å². The Morgan fingerprint density at radius 2 is 1.50 bits per heavy atom. The average molecular weight is 248 g/mol. The van der Waals surface area contributed by atoms with E-state index in [0.717, 1.165) is 5.32 Å². The molecule has 7 nitrogen and oxygen atoms in total. The Hall–Kier alpha value is 0.260. The van der Waals surface area contributed by atoms with E-state index in [-0.39, 0.29) is 6.04 Å². The summed E-state index contributed by atoms with van der Waals surface area (Å²) in [5.74, 6) is 0. The molecule has 0 aliphatic heterocycles. The van der Waals surface area contributed by atoms with Gasteiger partial charge in [-0.2, -0.15) is 0 Å². The first-order chi connectivity index (χ1) is 6.09. The van der Waals surface area contributed by atoms with Crippen LogP contribution in [0.4, 0.5) is 0 Å². The summed E-state index contributed by atoms with van der Waals surface area (Å²) in [5.41, 5.74) is -1.98. The molecular weight excluding hydrogens is 232 g/mol. The van der Waals surface area contributed by atoms with Crippen molar-refractivity contribution in [3.8, 4) is 0 Å². The van der Waals surface area contributed by atoms with Gasteiger partial charge < -0.3 is 24.9 Å². The summed E-state index contributed by atoms with van der Waals surface area (Å²) < 4.78 is 21.6. The Kier molecular flexibility index (Phi) is 4.95. The highest BCUT2D eigenvalue weighted by molar-refractivity contribution is 7.70. The molecule has 6 N–H and O–H groups in total. The van der Waals surface area contributed by atoms with Gasteiger partial charge >= 0.3 is 15.2 Å². The molecule has 0 aromatic heterocycles. The molecule has 0 saturated heterocycles. The van der Waals surface area contributed by atoms with Gasteiger partial charge in [-0.15, -0.1) is 0 Å². The lowest BCUT2D eigenvalue weighted by Crippen LogP contribution is -2.93. The standard InChI is InChI=1S/C5H15NO6P2/c1-3-4(2)6-5(13(7,8)9)14(10,11)12/h4-6H,3H2,1-2H3,(H2,7,8,9)(H2,10,11,12)/p+1. The molecule has 0 aliphatic carbocycles. The maximum absolute atomic E-state index is 10.8. The first-order valence-electron chi connectivity index (χ1n) is 4.04. The lowest BCUT2D eigenvalue weighted by Gasteiger charge is -2.20. The summed E-state index contributed by atoms with van der Waals surface area (Å²) in [6, 6.07) is -0.250. The Morgan fingerprint density at radius 3 is 1.71 bits per heavy atom. The van der Waals surface area contributed by atoms with E-state index in [2.05, 4.69) is 0 Å². The van der Waals surface area contributed by atoms with Crippen LogP contribution in [0.1, 0.15) is 20.3 Å². The van der Waals surface area contributed by atoms with Crippen LogP contribution >= 0.6 is 15.2 Å². The lowest BCUT2D eigenvalue weighted by molar-refractivity contribution is -0.687. The molecular formula is C5H16NO6P2+. The van der Waals surface area contributed by atoms with E-state index in [1.807, 2.05) is 0 Å². The van der Waals surface area contributed by atoms with Crippen LogP contribution in [0.5, 0.6) is 0 Å². The minimum Gasteiger partial charge on any atom is -0.321 e. The van der Waals surface area contributed by atoms with Crippen LogP contribution in [0.3, 0.4) is 0 Å². The van der Waals surface area contributed by atoms with Gasteiger partial charge in [0.1, 0.15) is 0 Å². The maximum atomic E-state index is 10.8. The molecule has 0 rings (SSSR count). The summed E-state index contributed by atoms with van der Waals surface area (Å²) >= 11 is 0. The minimum atomic E-state index is -4.78. The van der Waals surface area contributed by atoms with Gasteiger partial charge in [-0.05, 0) is 13.3 Å². The van der Waals surface area contributed by atoms with Crippen LogP contribution in [0.2, 0.25) is 0 Å². The van der Waals surface area contributed by atoms with Gasteiger partial charge in [0.15, 0.2) is 0 Å². The largest absolute Gasteiger partial charge is 0.395 e. The number of rotatable bonds is 5. The first kappa shape index (κ1) is 14.3. The monoisotopic (exact) mass is 248 g/mol. The molecule has 0 saturated carbocycles. The smallest absolute Gasteiger partial charge is 0.321 e. The van der Waals surface area contributed by atoms with Crippen molar-refractivity contribution >= 4 is 15.2 Å². The van der Waals surface area contributed by atoms with Crippen LogP contribution in [0.25, 0.3) is 0 Å². The predicted octanol–water partition coefficient (Wildman–Crippen LogP) is -1.01. The van der Waals surface area contributed by atoms with Crippen molar-refractivity contribution in [2.75, 3.05) is 0 Å². The highest BCUT2D eigenvalue weighted by atomic mass is 31.2. The Labute approximate surface area is 81.9 Å². The SMILES string of the molecule is CCC(C)[NH2+]C(P(=O)(O)O)P(=O)(O)O. The van der Waals surface area contributed by atoms with E-state index < -0.39 is 20.7 Å². The Bertz CT molecular complexity index is 247. The maximum Gasteiger partial charge on any atom is 0.395 e. The van der Waals surface area contributed by atoms with E-state index in [4.69, 9.17) is 19.6 Å². The second kappa shape index (κ2) is 4.86. The van der Waals surface area contributed by atoms with E-state index in [0.29, 0.717) is 6.42 Å². The Balaban J connectivity index is 4.78. The molecule has 0 radical (unpaired) electrons. The molecule has 0 bridgehead atoms. The summed E-state index contributed by atoms with van der Waals surface area (Å²) in [5, 5.41) is 1.03. The van der Waals surface area contributed by atoms with Crippen LogP contribution in [-0.2, 0) is 9.13 Å². The third-order valence-electron chi connectivity index (χ3n) is 1.83. The average Bonchev–Trinajstić information content (AvgIpc) is 1.95. The molecule has 1 unspecified atom stereocenters. The zero-order valence-corrected chi connectivity index (χ0v) is 9.73. The molecule has 0 spiro atoms. The summed E-state index contributed by atoms with van der Waals surface area (Å²) in [6.45, 7) is 3.40. The molecule has 0 fully saturated rings. The molecule has 0 aromatic carbocycles. The van der Waals surface area contributed by atoms with Crippen LogP contribution < -0.4 is 5.32 Å². The van der Waals surface area contributed by atoms with Gasteiger partial charge in [0.25, 0.3) is 5.52 Å². The second-order valence-electron chi connectivity index (χ2n) is 3.17. The van der Waals surface area contributed by atoms with Crippen molar-refractivity contribution in [3.63, 3.8) is 0 Å². The van der Waals surface area contributed by atoms with Gasteiger partial charge in [0.2, 0.25) is 0 Å². The molecule has 14 heavy (non-hydrogen) atoms. The number of hydrogen-bond acceptors (Lipinski definition) is 2. The minimum absolute atomic E-state index is 0.250. The third kappa shape index (κ3) is 4.66. The highest BCUT2D eigenvalue weighted by Gasteiger charge is 2.47. The second-order valence-corrected chi connectivity index (χ2v) is 7.05. The van der Waals surface area contributed by atoms with Gasteiger partial charge in [-0.3, -0.25) is 9.13 Å². The Morgan fingerprint density at radius 1 is 1.14 bits per heavy atom. The summed E-state index contributed by atoms with van der Waals surface area (Å²) in [7, 11) is -9.57. The van der Waals surface area contributed by atoms with Crippen molar-refractivity contribution in [2.24, 2.45) is 0 Å². The van der Waals surface area contributed by atoms with E-state index in [1.165, 1.54) is 0 Å². The van der Waals surface area contributed by atoms with Crippen LogP contribution in [0, 0.1) is 0 Å².